The van der Waals surface area contributed by atoms with Crippen LogP contribution in [0.5, 0.6) is 0 Å². The van der Waals surface area contributed by atoms with E-state index in [0.717, 1.165) is 23.8 Å². The van der Waals surface area contributed by atoms with Gasteiger partial charge in [-0.3, -0.25) is 4.98 Å². The molecule has 0 amide bonds. The normalized spacial score (nSPS) is 13.7. The molecule has 1 aliphatic carbocycles. The fourth-order valence-corrected chi connectivity index (χ4v) is 3.58. The van der Waals surface area contributed by atoms with Crippen molar-refractivity contribution < 1.29 is 4.39 Å². The van der Waals surface area contributed by atoms with E-state index in [0.29, 0.717) is 6.54 Å². The first-order valence-corrected chi connectivity index (χ1v) is 8.94. The summed E-state index contributed by atoms with van der Waals surface area (Å²) in [6.45, 7) is 6.21. The molecule has 0 atom stereocenters. The summed E-state index contributed by atoms with van der Waals surface area (Å²) in [5, 5.41) is 1.30. The number of halogens is 2. The van der Waals surface area contributed by atoms with Crippen LogP contribution in [0.2, 0.25) is 0 Å². The van der Waals surface area contributed by atoms with Gasteiger partial charge >= 0.3 is 0 Å². The highest BCUT2D eigenvalue weighted by Gasteiger charge is 2.25. The fourth-order valence-electron chi connectivity index (χ4n) is 3.58. The van der Waals surface area contributed by atoms with E-state index in [1.807, 2.05) is 25.4 Å². The van der Waals surface area contributed by atoms with E-state index in [1.165, 1.54) is 47.1 Å². The molecule has 0 spiro atoms. The Morgan fingerprint density at radius 1 is 1.15 bits per heavy atom. The van der Waals surface area contributed by atoms with Gasteiger partial charge < -0.3 is 9.47 Å². The third-order valence-corrected chi connectivity index (χ3v) is 5.41. The van der Waals surface area contributed by atoms with Crippen LogP contribution in [0.15, 0.2) is 36.5 Å². The molecule has 5 heteroatoms. The number of anilines is 1. The monoisotopic (exact) mass is 373 g/mol. The molecule has 3 nitrogen and oxygen atoms in total. The van der Waals surface area contributed by atoms with Gasteiger partial charge in [0, 0.05) is 36.6 Å². The van der Waals surface area contributed by atoms with E-state index in [1.54, 1.807) is 0 Å². The zero-order chi connectivity index (χ0) is 17.6. The Labute approximate surface area is 160 Å². The average Bonchev–Trinajstić information content (AvgIpc) is 3.39. The first-order chi connectivity index (χ1) is 12.0. The lowest BCUT2D eigenvalue weighted by atomic mass is 10.1. The predicted molar refractivity (Wildman–Crippen MR) is 108 cm³/mol. The van der Waals surface area contributed by atoms with Crippen molar-refractivity contribution in [2.24, 2.45) is 5.92 Å². The third-order valence-electron chi connectivity index (χ3n) is 5.41. The highest BCUT2D eigenvalue weighted by molar-refractivity contribution is 5.87. The van der Waals surface area contributed by atoms with E-state index in [4.69, 9.17) is 4.98 Å². The molecule has 0 N–H and O–H groups in total. The molecule has 1 fully saturated rings. The van der Waals surface area contributed by atoms with Crippen LogP contribution in [-0.4, -0.2) is 16.6 Å². The topological polar surface area (TPSA) is 21.1 Å². The first kappa shape index (κ1) is 18.7. The molecule has 4 rings (SSSR count). The van der Waals surface area contributed by atoms with Gasteiger partial charge in [-0.1, -0.05) is 0 Å². The molecule has 1 aromatic carbocycles. The highest BCUT2D eigenvalue weighted by Crippen LogP contribution is 2.35. The number of aryl methyl sites for hydroxylation is 1. The van der Waals surface area contributed by atoms with Crippen molar-refractivity contribution in [1.82, 2.24) is 9.55 Å². The third kappa shape index (κ3) is 3.43. The van der Waals surface area contributed by atoms with Crippen LogP contribution in [0.25, 0.3) is 10.9 Å². The van der Waals surface area contributed by atoms with Gasteiger partial charge in [-0.15, -0.1) is 12.4 Å². The van der Waals surface area contributed by atoms with Gasteiger partial charge in [-0.05, 0) is 68.5 Å². The Hall–Kier alpha value is -2.07. The molecule has 26 heavy (non-hydrogen) atoms. The summed E-state index contributed by atoms with van der Waals surface area (Å²) in [5.74, 6) is 0.610. The second-order valence-corrected chi connectivity index (χ2v) is 7.25. The van der Waals surface area contributed by atoms with Crippen molar-refractivity contribution in [3.05, 3.63) is 59.3 Å². The maximum absolute atomic E-state index is 13.2. The molecular weight excluding hydrogens is 349 g/mol. The van der Waals surface area contributed by atoms with Gasteiger partial charge in [0.25, 0.3) is 0 Å². The molecule has 1 saturated carbocycles. The van der Waals surface area contributed by atoms with Crippen LogP contribution in [-0.2, 0) is 13.1 Å². The Morgan fingerprint density at radius 2 is 1.85 bits per heavy atom. The molecule has 0 radical (unpaired) electrons. The number of nitrogens with zero attached hydrogens (tertiary/aromatic N) is 3. The van der Waals surface area contributed by atoms with Crippen LogP contribution in [0.4, 0.5) is 10.1 Å². The second kappa shape index (κ2) is 7.28. The van der Waals surface area contributed by atoms with E-state index in [-0.39, 0.29) is 18.2 Å². The van der Waals surface area contributed by atoms with Gasteiger partial charge in [0.15, 0.2) is 0 Å². The molecule has 138 valence electrons. The molecule has 0 bridgehead atoms. The Kier molecular flexibility index (Phi) is 5.24. The molecule has 2 heterocycles. The Balaban J connectivity index is 0.00000196. The van der Waals surface area contributed by atoms with Gasteiger partial charge in [0.05, 0.1) is 17.8 Å². The summed E-state index contributed by atoms with van der Waals surface area (Å²) < 4.78 is 15.6. The zero-order valence-corrected chi connectivity index (χ0v) is 16.3. The molecule has 1 aliphatic rings. The van der Waals surface area contributed by atoms with E-state index >= 15 is 0 Å². The van der Waals surface area contributed by atoms with E-state index < -0.39 is 0 Å². The lowest BCUT2D eigenvalue weighted by molar-refractivity contribution is 0.627. The number of pyridine rings is 1. The lowest BCUT2D eigenvalue weighted by Crippen LogP contribution is -2.18. The smallest absolute Gasteiger partial charge is 0.123 e. The molecular formula is C21H25ClFN3. The van der Waals surface area contributed by atoms with Gasteiger partial charge in [0.1, 0.15) is 5.82 Å². The van der Waals surface area contributed by atoms with Crippen LogP contribution < -0.4 is 4.90 Å². The Bertz CT molecular complexity index is 913. The average molecular weight is 374 g/mol. The summed E-state index contributed by atoms with van der Waals surface area (Å²) in [5.41, 5.74) is 6.04. The standard InChI is InChI=1S/C21H24FN3.ClH/c1-14-15(2)25(12-16-4-5-16)21-19(14)10-11-23-20(21)13-24(3)18-8-6-17(22)7-9-18;/h6-11,16H,4-5,12-13H2,1-3H3;1H. The minimum atomic E-state index is -0.207. The maximum atomic E-state index is 13.2. The minimum absolute atomic E-state index is 0. The number of hydrogen-bond acceptors (Lipinski definition) is 2. The summed E-state index contributed by atoms with van der Waals surface area (Å²) >= 11 is 0. The summed E-state index contributed by atoms with van der Waals surface area (Å²) in [4.78, 5) is 6.82. The van der Waals surface area contributed by atoms with Crippen molar-refractivity contribution >= 4 is 29.0 Å². The van der Waals surface area contributed by atoms with Crippen LogP contribution in [0, 0.1) is 25.6 Å². The molecule has 0 unspecified atom stereocenters. The molecule has 0 saturated heterocycles. The summed E-state index contributed by atoms with van der Waals surface area (Å²) in [6.07, 6.45) is 4.58. The highest BCUT2D eigenvalue weighted by atomic mass is 35.5. The van der Waals surface area contributed by atoms with Crippen molar-refractivity contribution in [1.29, 1.82) is 0 Å². The minimum Gasteiger partial charge on any atom is -0.369 e. The van der Waals surface area contributed by atoms with E-state index in [9.17, 15) is 4.39 Å². The number of hydrogen-bond donors (Lipinski definition) is 0. The van der Waals surface area contributed by atoms with Crippen molar-refractivity contribution in [2.45, 2.75) is 39.8 Å². The summed E-state index contributed by atoms with van der Waals surface area (Å²) in [6, 6.07) is 8.76. The quantitative estimate of drug-likeness (QED) is 0.608. The van der Waals surface area contributed by atoms with Crippen LogP contribution in [0.3, 0.4) is 0 Å². The van der Waals surface area contributed by atoms with Gasteiger partial charge in [-0.2, -0.15) is 0 Å². The number of rotatable bonds is 5. The van der Waals surface area contributed by atoms with E-state index in [2.05, 4.69) is 29.4 Å². The van der Waals surface area contributed by atoms with Crippen molar-refractivity contribution in [3.8, 4) is 0 Å². The van der Waals surface area contributed by atoms with Gasteiger partial charge in [0.2, 0.25) is 0 Å². The predicted octanol–water partition coefficient (Wildman–Crippen LogP) is 5.26. The first-order valence-electron chi connectivity index (χ1n) is 8.94. The van der Waals surface area contributed by atoms with Crippen molar-refractivity contribution in [2.75, 3.05) is 11.9 Å². The lowest BCUT2D eigenvalue weighted by Gasteiger charge is -2.20. The van der Waals surface area contributed by atoms with Crippen molar-refractivity contribution in [3.63, 3.8) is 0 Å². The number of fused-ring (bicyclic) bond motifs is 1. The largest absolute Gasteiger partial charge is 0.369 e. The molecule has 0 aliphatic heterocycles. The SMILES string of the molecule is Cc1c(C)n(CC2CC2)c2c(CN(C)c3ccc(F)cc3)nccc12.Cl. The number of benzene rings is 1. The molecule has 2 aromatic heterocycles. The fraction of sp³-hybridized carbons (Fsp3) is 0.381. The maximum Gasteiger partial charge on any atom is 0.123 e. The summed E-state index contributed by atoms with van der Waals surface area (Å²) in [7, 11) is 2.03. The second-order valence-electron chi connectivity index (χ2n) is 7.25. The van der Waals surface area contributed by atoms with Crippen LogP contribution in [0.1, 0.15) is 29.8 Å². The molecule has 3 aromatic rings. The van der Waals surface area contributed by atoms with Gasteiger partial charge in [-0.25, -0.2) is 4.39 Å². The van der Waals surface area contributed by atoms with Crippen LogP contribution >= 0.6 is 12.4 Å². The number of aromatic nitrogens is 2. The Morgan fingerprint density at radius 3 is 2.50 bits per heavy atom. The zero-order valence-electron chi connectivity index (χ0n) is 15.5.